The third kappa shape index (κ3) is 2.14. The first-order chi connectivity index (χ1) is 8.27. The lowest BCUT2D eigenvalue weighted by atomic mass is 9.86. The molecule has 0 aliphatic heterocycles. The zero-order chi connectivity index (χ0) is 12.3. The minimum atomic E-state index is -0.124. The van der Waals surface area contributed by atoms with Gasteiger partial charge in [-0.15, -0.1) is 6.58 Å². The molecule has 2 unspecified atom stereocenters. The number of fused-ring (bicyclic) bond motifs is 1. The largest absolute Gasteiger partial charge is 0.303 e. The molecule has 2 aromatic carbocycles. The maximum Gasteiger partial charge on any atom is 0.127 e. The molecular weight excluding hydrogens is 208 g/mol. The molecule has 0 aliphatic carbocycles. The molecule has 2 rings (SSSR count). The van der Waals surface area contributed by atoms with Crippen LogP contribution in [0.25, 0.3) is 10.8 Å². The average Bonchev–Trinajstić information content (AvgIpc) is 2.39. The predicted molar refractivity (Wildman–Crippen MR) is 72.1 cm³/mol. The van der Waals surface area contributed by atoms with Crippen LogP contribution in [-0.2, 0) is 4.79 Å². The second kappa shape index (κ2) is 4.96. The van der Waals surface area contributed by atoms with Gasteiger partial charge in [-0.25, -0.2) is 0 Å². The van der Waals surface area contributed by atoms with Gasteiger partial charge in [0.1, 0.15) is 6.29 Å². The molecule has 0 spiro atoms. The predicted octanol–water partition coefficient (Wildman–Crippen LogP) is 3.94. The van der Waals surface area contributed by atoms with Gasteiger partial charge in [0, 0.05) is 5.92 Å². The molecule has 2 atom stereocenters. The lowest BCUT2D eigenvalue weighted by Gasteiger charge is -2.17. The van der Waals surface area contributed by atoms with Crippen LogP contribution in [0, 0.1) is 5.92 Å². The highest BCUT2D eigenvalue weighted by Crippen LogP contribution is 2.30. The number of hydrogen-bond donors (Lipinski definition) is 0. The first-order valence-corrected chi connectivity index (χ1v) is 5.83. The highest BCUT2D eigenvalue weighted by atomic mass is 16.1. The van der Waals surface area contributed by atoms with Gasteiger partial charge >= 0.3 is 0 Å². The molecule has 0 N–H and O–H groups in total. The van der Waals surface area contributed by atoms with Crippen LogP contribution in [0.1, 0.15) is 18.4 Å². The fourth-order valence-electron chi connectivity index (χ4n) is 2.23. The summed E-state index contributed by atoms with van der Waals surface area (Å²) in [6, 6.07) is 14.5. The molecule has 0 fully saturated rings. The Bertz CT molecular complexity index is 529. The van der Waals surface area contributed by atoms with Crippen LogP contribution >= 0.6 is 0 Å². The summed E-state index contributed by atoms with van der Waals surface area (Å²) in [7, 11) is 0. The summed E-state index contributed by atoms with van der Waals surface area (Å²) in [4.78, 5) is 11.0. The highest BCUT2D eigenvalue weighted by Gasteiger charge is 2.16. The number of benzene rings is 2. The van der Waals surface area contributed by atoms with E-state index in [1.807, 2.05) is 18.2 Å². The Morgan fingerprint density at radius 2 is 1.82 bits per heavy atom. The SMILES string of the molecule is C=CC(C=O)C(C)c1cccc2ccccc12. The summed E-state index contributed by atoms with van der Waals surface area (Å²) in [5, 5.41) is 2.43. The van der Waals surface area contributed by atoms with Gasteiger partial charge < -0.3 is 4.79 Å². The van der Waals surface area contributed by atoms with E-state index in [0.717, 1.165) is 6.29 Å². The van der Waals surface area contributed by atoms with Crippen molar-refractivity contribution in [2.24, 2.45) is 5.92 Å². The van der Waals surface area contributed by atoms with Gasteiger partial charge in [-0.2, -0.15) is 0 Å². The summed E-state index contributed by atoms with van der Waals surface area (Å²) in [6.07, 6.45) is 2.69. The maximum atomic E-state index is 11.0. The van der Waals surface area contributed by atoms with E-state index in [-0.39, 0.29) is 11.8 Å². The molecule has 1 nitrogen and oxygen atoms in total. The van der Waals surface area contributed by atoms with Gasteiger partial charge in [0.05, 0.1) is 0 Å². The first kappa shape index (κ1) is 11.6. The Labute approximate surface area is 102 Å². The van der Waals surface area contributed by atoms with Crippen molar-refractivity contribution in [1.29, 1.82) is 0 Å². The Balaban J connectivity index is 2.54. The van der Waals surface area contributed by atoms with Gasteiger partial charge in [0.25, 0.3) is 0 Å². The minimum Gasteiger partial charge on any atom is -0.303 e. The molecule has 0 aromatic heterocycles. The maximum absolute atomic E-state index is 11.0. The zero-order valence-corrected chi connectivity index (χ0v) is 9.97. The molecule has 2 aromatic rings. The lowest BCUT2D eigenvalue weighted by Crippen LogP contribution is -2.09. The smallest absolute Gasteiger partial charge is 0.127 e. The molecule has 0 aliphatic rings. The van der Waals surface area contributed by atoms with Gasteiger partial charge in [0.2, 0.25) is 0 Å². The summed E-state index contributed by atoms with van der Waals surface area (Å²) >= 11 is 0. The van der Waals surface area contributed by atoms with Gasteiger partial charge in [-0.05, 0) is 22.3 Å². The van der Waals surface area contributed by atoms with Crippen molar-refractivity contribution in [3.05, 3.63) is 60.7 Å². The fraction of sp³-hybridized carbons (Fsp3) is 0.188. The Kier molecular flexibility index (Phi) is 3.38. The van der Waals surface area contributed by atoms with E-state index >= 15 is 0 Å². The van der Waals surface area contributed by atoms with Crippen molar-refractivity contribution >= 4 is 17.1 Å². The Morgan fingerprint density at radius 3 is 2.53 bits per heavy atom. The van der Waals surface area contributed by atoms with E-state index in [9.17, 15) is 4.79 Å². The van der Waals surface area contributed by atoms with Gasteiger partial charge in [0.15, 0.2) is 0 Å². The van der Waals surface area contributed by atoms with E-state index in [1.165, 1.54) is 16.3 Å². The third-order valence-electron chi connectivity index (χ3n) is 3.32. The van der Waals surface area contributed by atoms with Crippen LogP contribution in [0.15, 0.2) is 55.1 Å². The lowest BCUT2D eigenvalue weighted by molar-refractivity contribution is -0.110. The second-order valence-electron chi connectivity index (χ2n) is 4.31. The van der Waals surface area contributed by atoms with E-state index < -0.39 is 0 Å². The van der Waals surface area contributed by atoms with Crippen LogP contribution in [-0.4, -0.2) is 6.29 Å². The van der Waals surface area contributed by atoms with E-state index in [2.05, 4.69) is 37.8 Å². The average molecular weight is 224 g/mol. The molecule has 1 heteroatoms. The van der Waals surface area contributed by atoms with Crippen molar-refractivity contribution in [2.75, 3.05) is 0 Å². The highest BCUT2D eigenvalue weighted by molar-refractivity contribution is 5.86. The van der Waals surface area contributed by atoms with Crippen LogP contribution in [0.5, 0.6) is 0 Å². The van der Waals surface area contributed by atoms with Crippen molar-refractivity contribution in [2.45, 2.75) is 12.8 Å². The molecule has 0 saturated carbocycles. The fourth-order valence-corrected chi connectivity index (χ4v) is 2.23. The van der Waals surface area contributed by atoms with Gasteiger partial charge in [-0.1, -0.05) is 55.5 Å². The third-order valence-corrected chi connectivity index (χ3v) is 3.32. The number of rotatable bonds is 4. The molecular formula is C16H16O. The van der Waals surface area contributed by atoms with Crippen molar-refractivity contribution in [3.63, 3.8) is 0 Å². The van der Waals surface area contributed by atoms with Crippen LogP contribution in [0.2, 0.25) is 0 Å². The van der Waals surface area contributed by atoms with Crippen molar-refractivity contribution in [1.82, 2.24) is 0 Å². The van der Waals surface area contributed by atoms with Crippen molar-refractivity contribution in [3.8, 4) is 0 Å². The Morgan fingerprint density at radius 1 is 1.12 bits per heavy atom. The number of carbonyl (C=O) groups is 1. The molecule has 0 heterocycles. The molecule has 0 saturated heterocycles. The summed E-state index contributed by atoms with van der Waals surface area (Å²) in [5.41, 5.74) is 1.21. The molecule has 0 radical (unpaired) electrons. The van der Waals surface area contributed by atoms with Crippen LogP contribution in [0.3, 0.4) is 0 Å². The number of allylic oxidation sites excluding steroid dienone is 1. The molecule has 0 amide bonds. The summed E-state index contributed by atoms with van der Waals surface area (Å²) < 4.78 is 0. The zero-order valence-electron chi connectivity index (χ0n) is 9.97. The number of hydrogen-bond acceptors (Lipinski definition) is 1. The number of carbonyl (C=O) groups excluding carboxylic acids is 1. The van der Waals surface area contributed by atoms with E-state index in [4.69, 9.17) is 0 Å². The molecule has 86 valence electrons. The van der Waals surface area contributed by atoms with Gasteiger partial charge in [-0.3, -0.25) is 0 Å². The second-order valence-corrected chi connectivity index (χ2v) is 4.31. The first-order valence-electron chi connectivity index (χ1n) is 5.83. The van der Waals surface area contributed by atoms with Crippen LogP contribution < -0.4 is 0 Å². The normalized spacial score (nSPS) is 14.2. The molecule has 17 heavy (non-hydrogen) atoms. The quantitative estimate of drug-likeness (QED) is 0.567. The number of aldehydes is 1. The minimum absolute atomic E-state index is 0.124. The molecule has 0 bridgehead atoms. The van der Waals surface area contributed by atoms with E-state index in [0.29, 0.717) is 0 Å². The summed E-state index contributed by atoms with van der Waals surface area (Å²) in [6.45, 7) is 5.80. The van der Waals surface area contributed by atoms with Crippen molar-refractivity contribution < 1.29 is 4.79 Å². The summed E-state index contributed by atoms with van der Waals surface area (Å²) in [5.74, 6) is 0.0388. The topological polar surface area (TPSA) is 17.1 Å². The van der Waals surface area contributed by atoms with Crippen LogP contribution in [0.4, 0.5) is 0 Å². The Hall–Kier alpha value is -1.89. The van der Waals surface area contributed by atoms with E-state index in [1.54, 1.807) is 6.08 Å². The monoisotopic (exact) mass is 224 g/mol. The standard InChI is InChI=1S/C16H16O/c1-3-13(11-17)12(2)15-10-6-8-14-7-4-5-9-16(14)15/h3-13H,1H2,2H3.